The molecule has 6 nitrogen and oxygen atoms in total. The molecule has 0 heterocycles. The van der Waals surface area contributed by atoms with Crippen LogP contribution in [-0.4, -0.2) is 29.6 Å². The van der Waals surface area contributed by atoms with Gasteiger partial charge in [0.05, 0.1) is 16.8 Å². The molecule has 0 N–H and O–H groups in total. The van der Waals surface area contributed by atoms with Crippen LogP contribution in [0.4, 0.5) is 22.0 Å². The molecule has 0 radical (unpaired) electrons. The molecule has 0 aliphatic carbocycles. The largest absolute Gasteiger partial charge is 0.749 e. The van der Waals surface area contributed by atoms with Crippen molar-refractivity contribution in [2.24, 2.45) is 0 Å². The van der Waals surface area contributed by atoms with E-state index in [0.29, 0.717) is 10.8 Å². The summed E-state index contributed by atoms with van der Waals surface area (Å²) in [5, 5.41) is 2.19. The molecule has 15 heteroatoms. The van der Waals surface area contributed by atoms with Crippen LogP contribution in [0.1, 0.15) is 0 Å². The standard InChI is InChI=1S/C10H6ClFO2S.C10H7F.C2HF3O.ClHO3S/c11-15(13,14)10-6-5-9(12)7-3-1-2-4-8(7)10;11-10-7-3-5-8-4-1-2-6-9(8)10;3-2(4,5)1-6;1-4-5(2)3/h1-6H;1-7H;1H;(H,2,3)/p-1. The molecule has 4 aromatic rings. The van der Waals surface area contributed by atoms with E-state index in [-0.39, 0.29) is 16.1 Å². The molecule has 4 aromatic carbocycles. The molecule has 0 amide bonds. The summed E-state index contributed by atoms with van der Waals surface area (Å²) in [6.07, 6.45) is -5.70. The van der Waals surface area contributed by atoms with Crippen LogP contribution in [0, 0.1) is 11.6 Å². The Morgan fingerprint density at radius 2 is 1.24 bits per heavy atom. The zero-order valence-electron chi connectivity index (χ0n) is 18.0. The van der Waals surface area contributed by atoms with Crippen molar-refractivity contribution in [3.8, 4) is 0 Å². The molecule has 0 saturated carbocycles. The lowest BCUT2D eigenvalue weighted by Gasteiger charge is -2.03. The van der Waals surface area contributed by atoms with Crippen LogP contribution in [0.3, 0.4) is 0 Å². The molecule has 0 aliphatic heterocycles. The summed E-state index contributed by atoms with van der Waals surface area (Å²) in [4.78, 5) is 8.63. The van der Waals surface area contributed by atoms with Crippen molar-refractivity contribution in [2.45, 2.75) is 11.1 Å². The van der Waals surface area contributed by atoms with Crippen LogP contribution in [-0.2, 0) is 28.9 Å². The minimum absolute atomic E-state index is 0.0684. The normalized spacial score (nSPS) is 11.7. The van der Waals surface area contributed by atoms with Crippen LogP contribution in [0.25, 0.3) is 21.5 Å². The van der Waals surface area contributed by atoms with Gasteiger partial charge in [0.15, 0.2) is 0 Å². The Hall–Kier alpha value is -2.68. The second-order valence-electron chi connectivity index (χ2n) is 6.42. The Kier molecular flexibility index (Phi) is 13.0. The van der Waals surface area contributed by atoms with E-state index in [9.17, 15) is 30.4 Å². The first-order chi connectivity index (χ1) is 17.2. The fourth-order valence-electron chi connectivity index (χ4n) is 2.63. The molecule has 1 unspecified atom stereocenters. The molecule has 200 valence electrons. The van der Waals surface area contributed by atoms with E-state index in [1.54, 1.807) is 24.3 Å². The third-order valence-corrected chi connectivity index (χ3v) is 5.81. The van der Waals surface area contributed by atoms with Crippen molar-refractivity contribution in [3.05, 3.63) is 90.5 Å². The molecule has 0 saturated heterocycles. The smallest absolute Gasteiger partial charge is 0.446 e. The van der Waals surface area contributed by atoms with Crippen molar-refractivity contribution in [1.29, 1.82) is 0 Å². The van der Waals surface area contributed by atoms with E-state index in [2.05, 4.69) is 15.6 Å². The average Bonchev–Trinajstić information content (AvgIpc) is 2.85. The summed E-state index contributed by atoms with van der Waals surface area (Å²) < 4.78 is 101. The maximum atomic E-state index is 13.3. The van der Waals surface area contributed by atoms with E-state index in [0.717, 1.165) is 11.5 Å². The van der Waals surface area contributed by atoms with Gasteiger partial charge in [0, 0.05) is 26.8 Å². The van der Waals surface area contributed by atoms with Gasteiger partial charge in [-0.15, -0.1) is 0 Å². The number of hydrogen-bond donors (Lipinski definition) is 0. The molecule has 1 atom stereocenters. The van der Waals surface area contributed by atoms with Gasteiger partial charge in [-0.25, -0.2) is 21.4 Å². The van der Waals surface area contributed by atoms with Crippen molar-refractivity contribution in [2.75, 3.05) is 0 Å². The van der Waals surface area contributed by atoms with E-state index >= 15 is 0 Å². The van der Waals surface area contributed by atoms with Gasteiger partial charge in [0.1, 0.15) is 23.0 Å². The summed E-state index contributed by atoms with van der Waals surface area (Å²) in [6.45, 7) is 0. The minimum atomic E-state index is -4.64. The number of alkyl halides is 3. The monoisotopic (exact) mass is 603 g/mol. The molecule has 0 aliphatic rings. The quantitative estimate of drug-likeness (QED) is 0.111. The van der Waals surface area contributed by atoms with Crippen LogP contribution < -0.4 is 0 Å². The van der Waals surface area contributed by atoms with Gasteiger partial charge in [0.2, 0.25) is 6.29 Å². The average molecular weight is 604 g/mol. The highest BCUT2D eigenvalue weighted by Gasteiger charge is 2.24. The lowest BCUT2D eigenvalue weighted by molar-refractivity contribution is -0.156. The van der Waals surface area contributed by atoms with Crippen LogP contribution in [0.2, 0.25) is 0 Å². The molecular weight excluding hydrogens is 590 g/mol. The molecule has 37 heavy (non-hydrogen) atoms. The molecule has 0 bridgehead atoms. The molecule has 0 aromatic heterocycles. The number of aldehydes is 1. The molecular formula is C22H14Cl2F5O6S2-. The van der Waals surface area contributed by atoms with Crippen molar-refractivity contribution >= 4 is 70.8 Å². The Morgan fingerprint density at radius 1 is 0.811 bits per heavy atom. The van der Waals surface area contributed by atoms with Crippen molar-refractivity contribution in [3.63, 3.8) is 0 Å². The van der Waals surface area contributed by atoms with Gasteiger partial charge in [0.25, 0.3) is 9.05 Å². The van der Waals surface area contributed by atoms with Crippen molar-refractivity contribution in [1.82, 2.24) is 0 Å². The highest BCUT2D eigenvalue weighted by molar-refractivity contribution is 8.14. The third kappa shape index (κ3) is 11.5. The van der Waals surface area contributed by atoms with E-state index in [1.165, 1.54) is 24.3 Å². The Balaban J connectivity index is 0.000000273. The van der Waals surface area contributed by atoms with Gasteiger partial charge >= 0.3 is 6.18 Å². The second-order valence-corrected chi connectivity index (χ2v) is 9.86. The van der Waals surface area contributed by atoms with Gasteiger partial charge in [-0.3, -0.25) is 4.79 Å². The van der Waals surface area contributed by atoms with Crippen LogP contribution >= 0.6 is 22.5 Å². The van der Waals surface area contributed by atoms with E-state index in [4.69, 9.17) is 24.2 Å². The maximum absolute atomic E-state index is 13.3. The predicted octanol–water partition coefficient (Wildman–Crippen LogP) is 6.58. The first-order valence-corrected chi connectivity index (χ1v) is 13.0. The van der Waals surface area contributed by atoms with Crippen molar-refractivity contribution < 1.29 is 47.7 Å². The van der Waals surface area contributed by atoms with Crippen LogP contribution in [0.5, 0.6) is 0 Å². The number of hydrogen-bond acceptors (Lipinski definition) is 6. The minimum Gasteiger partial charge on any atom is -0.749 e. The highest BCUT2D eigenvalue weighted by atomic mass is 35.7. The fraction of sp³-hybridized carbons (Fsp3) is 0.0455. The Bertz CT molecular complexity index is 1460. The molecule has 4 rings (SSSR count). The maximum Gasteiger partial charge on any atom is 0.446 e. The zero-order chi connectivity index (χ0) is 28.2. The van der Waals surface area contributed by atoms with Gasteiger partial charge in [-0.1, -0.05) is 60.7 Å². The summed E-state index contributed by atoms with van der Waals surface area (Å²) >= 11 is 1.67. The summed E-state index contributed by atoms with van der Waals surface area (Å²) in [5.74, 6) is -0.613. The summed E-state index contributed by atoms with van der Waals surface area (Å²) in [7, 11) is 1.40. The lowest BCUT2D eigenvalue weighted by Crippen LogP contribution is -2.07. The highest BCUT2D eigenvalue weighted by Crippen LogP contribution is 2.27. The van der Waals surface area contributed by atoms with E-state index < -0.39 is 38.7 Å². The van der Waals surface area contributed by atoms with Crippen LogP contribution in [0.15, 0.2) is 83.8 Å². The van der Waals surface area contributed by atoms with Gasteiger partial charge < -0.3 is 4.55 Å². The Morgan fingerprint density at radius 3 is 1.70 bits per heavy atom. The number of benzene rings is 4. The second kappa shape index (κ2) is 14.9. The topological polar surface area (TPSA) is 101 Å². The Labute approximate surface area is 219 Å². The number of halogens is 7. The first kappa shape index (κ1) is 32.3. The fourth-order valence-corrected chi connectivity index (χ4v) is 3.71. The summed E-state index contributed by atoms with van der Waals surface area (Å²) in [6, 6.07) is 21.1. The number of carbonyl (C=O) groups excluding carboxylic acids is 1. The molecule has 0 fully saturated rings. The SMILES string of the molecule is Fc1cccc2ccccc12.O=CC(F)(F)F.O=S(=O)(Cl)c1ccc(F)c2ccccc12.O=S([O-])OCl. The first-order valence-electron chi connectivity index (χ1n) is 9.37. The predicted molar refractivity (Wildman–Crippen MR) is 129 cm³/mol. The van der Waals surface area contributed by atoms with E-state index in [1.807, 2.05) is 24.3 Å². The number of rotatable bonds is 2. The van der Waals surface area contributed by atoms with Gasteiger partial charge in [-0.05, 0) is 23.6 Å². The van der Waals surface area contributed by atoms with Gasteiger partial charge in [-0.2, -0.15) is 16.9 Å². The third-order valence-electron chi connectivity index (χ3n) is 4.02. The number of carbonyl (C=O) groups is 1. The summed E-state index contributed by atoms with van der Waals surface area (Å²) in [5.41, 5.74) is 0. The number of fused-ring (bicyclic) bond motifs is 2. The lowest BCUT2D eigenvalue weighted by atomic mass is 10.1. The zero-order valence-corrected chi connectivity index (χ0v) is 21.1. The molecule has 0 spiro atoms.